The van der Waals surface area contributed by atoms with Gasteiger partial charge in [-0.3, -0.25) is 4.79 Å². The van der Waals surface area contributed by atoms with Crippen LogP contribution in [0.25, 0.3) is 22.2 Å². The van der Waals surface area contributed by atoms with Gasteiger partial charge in [-0.15, -0.1) is 0 Å². The van der Waals surface area contributed by atoms with E-state index in [-0.39, 0.29) is 11.9 Å². The van der Waals surface area contributed by atoms with Crippen molar-refractivity contribution in [2.45, 2.75) is 25.3 Å². The van der Waals surface area contributed by atoms with Gasteiger partial charge in [0, 0.05) is 17.8 Å². The molecule has 0 radical (unpaired) electrons. The van der Waals surface area contributed by atoms with Crippen LogP contribution in [-0.2, 0) is 17.6 Å². The number of hydrogen-bond donors (Lipinski definition) is 2. The Balaban J connectivity index is 1.35. The number of pyridine rings is 1. The molecule has 4 aromatic rings. The van der Waals surface area contributed by atoms with E-state index in [1.165, 1.54) is 22.3 Å². The molecule has 28 heavy (non-hydrogen) atoms. The van der Waals surface area contributed by atoms with E-state index < -0.39 is 0 Å². The Bertz CT molecular complexity index is 1150. The number of aromatic amines is 1. The minimum Gasteiger partial charge on any atom is -0.349 e. The highest BCUT2D eigenvalue weighted by Gasteiger charge is 2.24. The van der Waals surface area contributed by atoms with Crippen LogP contribution in [-0.4, -0.2) is 15.9 Å². The zero-order valence-corrected chi connectivity index (χ0v) is 15.5. The fourth-order valence-corrected chi connectivity index (χ4v) is 4.14. The van der Waals surface area contributed by atoms with Crippen molar-refractivity contribution in [1.82, 2.24) is 15.3 Å². The minimum absolute atomic E-state index is 0.0488. The minimum atomic E-state index is 0.0488. The van der Waals surface area contributed by atoms with Crippen LogP contribution < -0.4 is 5.32 Å². The smallest absolute Gasteiger partial charge is 0.224 e. The molecule has 4 heteroatoms. The largest absolute Gasteiger partial charge is 0.349 e. The number of hydrogen-bond acceptors (Lipinski definition) is 2. The number of aryl methyl sites for hydroxylation is 1. The molecule has 4 nitrogen and oxygen atoms in total. The van der Waals surface area contributed by atoms with Crippen LogP contribution in [0, 0.1) is 0 Å². The second-order valence-electron chi connectivity index (χ2n) is 7.33. The van der Waals surface area contributed by atoms with Crippen molar-refractivity contribution in [2.75, 3.05) is 0 Å². The fourth-order valence-electron chi connectivity index (χ4n) is 4.14. The molecule has 1 amide bonds. The van der Waals surface area contributed by atoms with Crippen molar-refractivity contribution in [3.63, 3.8) is 0 Å². The van der Waals surface area contributed by atoms with Crippen molar-refractivity contribution in [2.24, 2.45) is 0 Å². The zero-order chi connectivity index (χ0) is 18.9. The second kappa shape index (κ2) is 6.97. The van der Waals surface area contributed by atoms with Crippen molar-refractivity contribution in [1.29, 1.82) is 0 Å². The van der Waals surface area contributed by atoms with E-state index in [1.54, 1.807) is 6.20 Å². The first kappa shape index (κ1) is 16.8. The molecule has 2 heterocycles. The molecule has 5 rings (SSSR count). The number of rotatable bonds is 4. The lowest BCUT2D eigenvalue weighted by Gasteiger charge is -2.15. The first-order chi connectivity index (χ1) is 13.8. The average Bonchev–Trinajstić information content (AvgIpc) is 3.33. The molecular weight excluding hydrogens is 346 g/mol. The van der Waals surface area contributed by atoms with E-state index >= 15 is 0 Å². The summed E-state index contributed by atoms with van der Waals surface area (Å²) >= 11 is 0. The lowest BCUT2D eigenvalue weighted by molar-refractivity contribution is -0.121. The SMILES string of the molecule is O=C(Cc1c[nH]c2ncccc12)NC1CCc2ccc(-c3ccccc3)cc21. The Hall–Kier alpha value is -3.40. The molecular formula is C24H21N3O. The first-order valence-corrected chi connectivity index (χ1v) is 9.66. The van der Waals surface area contributed by atoms with Crippen LogP contribution in [0.2, 0.25) is 0 Å². The molecule has 0 spiro atoms. The molecule has 0 aliphatic heterocycles. The lowest BCUT2D eigenvalue weighted by Crippen LogP contribution is -2.28. The molecule has 0 bridgehead atoms. The van der Waals surface area contributed by atoms with Gasteiger partial charge in [0.15, 0.2) is 0 Å². The van der Waals surface area contributed by atoms with Gasteiger partial charge in [0.05, 0.1) is 12.5 Å². The van der Waals surface area contributed by atoms with E-state index in [9.17, 15) is 4.79 Å². The Morgan fingerprint density at radius 1 is 1.07 bits per heavy atom. The quantitative estimate of drug-likeness (QED) is 0.555. The van der Waals surface area contributed by atoms with Crippen LogP contribution in [0.15, 0.2) is 73.1 Å². The summed E-state index contributed by atoms with van der Waals surface area (Å²) in [6, 6.07) is 21.0. The summed E-state index contributed by atoms with van der Waals surface area (Å²) in [6.45, 7) is 0. The Kier molecular flexibility index (Phi) is 4.17. The number of H-pyrrole nitrogens is 1. The molecule has 0 saturated carbocycles. The Labute approximate surface area is 163 Å². The number of carbonyl (C=O) groups is 1. The number of benzene rings is 2. The van der Waals surface area contributed by atoms with Crippen LogP contribution in [0.3, 0.4) is 0 Å². The van der Waals surface area contributed by atoms with Crippen molar-refractivity contribution in [3.05, 3.63) is 89.7 Å². The van der Waals surface area contributed by atoms with E-state index in [4.69, 9.17) is 0 Å². The molecule has 1 unspecified atom stereocenters. The van der Waals surface area contributed by atoms with Crippen LogP contribution in [0.4, 0.5) is 0 Å². The fraction of sp³-hybridized carbons (Fsp3) is 0.167. The predicted molar refractivity (Wildman–Crippen MR) is 111 cm³/mol. The molecule has 1 aliphatic rings. The van der Waals surface area contributed by atoms with Gasteiger partial charge in [0.2, 0.25) is 5.91 Å². The number of fused-ring (bicyclic) bond motifs is 2. The summed E-state index contributed by atoms with van der Waals surface area (Å²) in [6.07, 6.45) is 5.95. The van der Waals surface area contributed by atoms with Crippen LogP contribution in [0.1, 0.15) is 29.2 Å². The molecule has 2 N–H and O–H groups in total. The third-order valence-corrected chi connectivity index (χ3v) is 5.55. The van der Waals surface area contributed by atoms with Gasteiger partial charge >= 0.3 is 0 Å². The molecule has 2 aromatic carbocycles. The highest BCUT2D eigenvalue weighted by molar-refractivity contribution is 5.87. The molecule has 0 saturated heterocycles. The first-order valence-electron chi connectivity index (χ1n) is 9.66. The number of amides is 1. The van der Waals surface area contributed by atoms with E-state index in [0.29, 0.717) is 6.42 Å². The van der Waals surface area contributed by atoms with Gasteiger partial charge in [-0.05, 0) is 58.9 Å². The van der Waals surface area contributed by atoms with Gasteiger partial charge in [-0.25, -0.2) is 4.98 Å². The van der Waals surface area contributed by atoms with Crippen molar-refractivity contribution < 1.29 is 4.79 Å². The summed E-state index contributed by atoms with van der Waals surface area (Å²) in [5.41, 5.74) is 6.79. The van der Waals surface area contributed by atoms with E-state index in [2.05, 4.69) is 57.7 Å². The number of nitrogens with zero attached hydrogens (tertiary/aromatic N) is 1. The summed E-state index contributed by atoms with van der Waals surface area (Å²) in [4.78, 5) is 20.2. The van der Waals surface area contributed by atoms with Crippen molar-refractivity contribution >= 4 is 16.9 Å². The molecule has 1 atom stereocenters. The standard InChI is InChI=1S/C24H21N3O/c28-23(14-19-15-26-24-20(19)7-4-12-25-24)27-22-11-10-17-8-9-18(13-21(17)22)16-5-2-1-3-6-16/h1-9,12-13,15,22H,10-11,14H2,(H,25,26)(H,27,28). The van der Waals surface area contributed by atoms with Crippen LogP contribution >= 0.6 is 0 Å². The maximum absolute atomic E-state index is 12.7. The Morgan fingerprint density at radius 3 is 2.86 bits per heavy atom. The number of aromatic nitrogens is 2. The monoisotopic (exact) mass is 367 g/mol. The highest BCUT2D eigenvalue weighted by atomic mass is 16.1. The topological polar surface area (TPSA) is 57.8 Å². The molecule has 2 aromatic heterocycles. The molecule has 0 fully saturated rings. The van der Waals surface area contributed by atoms with Crippen LogP contribution in [0.5, 0.6) is 0 Å². The predicted octanol–water partition coefficient (Wildman–Crippen LogP) is 4.58. The third kappa shape index (κ3) is 3.07. The number of carbonyl (C=O) groups excluding carboxylic acids is 1. The molecule has 138 valence electrons. The molecule has 1 aliphatic carbocycles. The van der Waals surface area contributed by atoms with Gasteiger partial charge < -0.3 is 10.3 Å². The highest BCUT2D eigenvalue weighted by Crippen LogP contribution is 2.34. The van der Waals surface area contributed by atoms with Gasteiger partial charge in [0.25, 0.3) is 0 Å². The number of nitrogens with one attached hydrogen (secondary N) is 2. The average molecular weight is 367 g/mol. The summed E-state index contributed by atoms with van der Waals surface area (Å²) < 4.78 is 0. The van der Waals surface area contributed by atoms with Gasteiger partial charge in [0.1, 0.15) is 5.65 Å². The zero-order valence-electron chi connectivity index (χ0n) is 15.5. The second-order valence-corrected chi connectivity index (χ2v) is 7.33. The Morgan fingerprint density at radius 2 is 1.96 bits per heavy atom. The van der Waals surface area contributed by atoms with Gasteiger partial charge in [-0.1, -0.05) is 42.5 Å². The normalized spacial score (nSPS) is 15.5. The maximum atomic E-state index is 12.7. The summed E-state index contributed by atoms with van der Waals surface area (Å²) in [5, 5.41) is 4.25. The summed E-state index contributed by atoms with van der Waals surface area (Å²) in [5.74, 6) is 0.0488. The summed E-state index contributed by atoms with van der Waals surface area (Å²) in [7, 11) is 0. The van der Waals surface area contributed by atoms with E-state index in [0.717, 1.165) is 29.4 Å². The van der Waals surface area contributed by atoms with Gasteiger partial charge in [-0.2, -0.15) is 0 Å². The maximum Gasteiger partial charge on any atom is 0.224 e. The van der Waals surface area contributed by atoms with E-state index in [1.807, 2.05) is 24.4 Å². The van der Waals surface area contributed by atoms with Crippen molar-refractivity contribution in [3.8, 4) is 11.1 Å². The third-order valence-electron chi connectivity index (χ3n) is 5.55. The lowest BCUT2D eigenvalue weighted by atomic mass is 9.99.